The minimum Gasteiger partial charge on any atom is -0.0885 e. The molecular formula is C12H22. The normalized spacial score (nSPS) is 27.7. The number of rotatable bonds is 2. The molecular weight excluding hydrogens is 144 g/mol. The van der Waals surface area contributed by atoms with Crippen LogP contribution in [0, 0.1) is 11.8 Å². The first kappa shape index (κ1) is 9.83. The summed E-state index contributed by atoms with van der Waals surface area (Å²) in [6.07, 6.45) is 13.1. The van der Waals surface area contributed by atoms with E-state index < -0.39 is 0 Å². The Labute approximate surface area is 77.1 Å². The quantitative estimate of drug-likeness (QED) is 0.540. The molecule has 0 nitrogen and oxygen atoms in total. The van der Waals surface area contributed by atoms with Crippen LogP contribution in [0.15, 0.2) is 12.2 Å². The summed E-state index contributed by atoms with van der Waals surface area (Å²) in [4.78, 5) is 0. The molecule has 1 aliphatic carbocycles. The average Bonchev–Trinajstić information content (AvgIpc) is 2.02. The molecule has 0 saturated heterocycles. The fourth-order valence-electron chi connectivity index (χ4n) is 2.03. The molecule has 0 radical (unpaired) electrons. The molecule has 0 spiro atoms. The Morgan fingerprint density at radius 3 is 2.92 bits per heavy atom. The van der Waals surface area contributed by atoms with Crippen LogP contribution < -0.4 is 0 Å². The highest BCUT2D eigenvalue weighted by Crippen LogP contribution is 2.26. The van der Waals surface area contributed by atoms with E-state index in [9.17, 15) is 0 Å². The predicted molar refractivity (Wildman–Crippen MR) is 55.2 cm³/mol. The van der Waals surface area contributed by atoms with Crippen LogP contribution in [0.5, 0.6) is 0 Å². The van der Waals surface area contributed by atoms with Gasteiger partial charge in [-0.3, -0.25) is 0 Å². The Morgan fingerprint density at radius 1 is 1.33 bits per heavy atom. The lowest BCUT2D eigenvalue weighted by atomic mass is 9.83. The standard InChI is InChI=1S/C12H22/c1-3-11(2)12-9-7-5-4-6-8-10-12/h5,7,11-12H,3-4,6,8-10H2,1-2H3. The summed E-state index contributed by atoms with van der Waals surface area (Å²) >= 11 is 0. The lowest BCUT2D eigenvalue weighted by molar-refractivity contribution is 0.317. The number of hydrogen-bond acceptors (Lipinski definition) is 0. The second kappa shape index (κ2) is 5.40. The molecule has 0 aromatic rings. The maximum Gasteiger partial charge on any atom is -0.0320 e. The minimum atomic E-state index is 0.924. The van der Waals surface area contributed by atoms with Gasteiger partial charge in [-0.2, -0.15) is 0 Å². The monoisotopic (exact) mass is 166 g/mol. The molecule has 0 fully saturated rings. The van der Waals surface area contributed by atoms with Crippen molar-refractivity contribution in [3.63, 3.8) is 0 Å². The van der Waals surface area contributed by atoms with Gasteiger partial charge in [0.25, 0.3) is 0 Å². The van der Waals surface area contributed by atoms with Gasteiger partial charge < -0.3 is 0 Å². The van der Waals surface area contributed by atoms with Crippen molar-refractivity contribution >= 4 is 0 Å². The van der Waals surface area contributed by atoms with Gasteiger partial charge in [0.2, 0.25) is 0 Å². The maximum absolute atomic E-state index is 2.40. The smallest absolute Gasteiger partial charge is 0.0320 e. The fraction of sp³-hybridized carbons (Fsp3) is 0.833. The van der Waals surface area contributed by atoms with Crippen molar-refractivity contribution in [2.24, 2.45) is 11.8 Å². The van der Waals surface area contributed by atoms with Gasteiger partial charge in [0.05, 0.1) is 0 Å². The highest BCUT2D eigenvalue weighted by molar-refractivity contribution is 4.87. The molecule has 2 atom stereocenters. The fourth-order valence-corrected chi connectivity index (χ4v) is 2.03. The van der Waals surface area contributed by atoms with Crippen LogP contribution in [0.3, 0.4) is 0 Å². The number of hydrogen-bond donors (Lipinski definition) is 0. The minimum absolute atomic E-state index is 0.924. The van der Waals surface area contributed by atoms with Crippen molar-refractivity contribution < 1.29 is 0 Å². The average molecular weight is 166 g/mol. The molecule has 0 amide bonds. The van der Waals surface area contributed by atoms with Crippen molar-refractivity contribution in [3.8, 4) is 0 Å². The Hall–Kier alpha value is -0.260. The molecule has 70 valence electrons. The summed E-state index contributed by atoms with van der Waals surface area (Å²) in [5, 5.41) is 0. The van der Waals surface area contributed by atoms with Crippen molar-refractivity contribution in [1.82, 2.24) is 0 Å². The van der Waals surface area contributed by atoms with E-state index in [-0.39, 0.29) is 0 Å². The molecule has 0 bridgehead atoms. The van der Waals surface area contributed by atoms with Gasteiger partial charge in [-0.25, -0.2) is 0 Å². The zero-order chi connectivity index (χ0) is 8.81. The Morgan fingerprint density at radius 2 is 2.17 bits per heavy atom. The van der Waals surface area contributed by atoms with E-state index in [0.717, 1.165) is 11.8 Å². The summed E-state index contributed by atoms with van der Waals surface area (Å²) in [6, 6.07) is 0. The van der Waals surface area contributed by atoms with E-state index >= 15 is 0 Å². The van der Waals surface area contributed by atoms with Gasteiger partial charge in [0.1, 0.15) is 0 Å². The second-order valence-corrected chi connectivity index (χ2v) is 4.14. The molecule has 0 heterocycles. The van der Waals surface area contributed by atoms with E-state index in [1.165, 1.54) is 38.5 Å². The van der Waals surface area contributed by atoms with E-state index in [2.05, 4.69) is 26.0 Å². The topological polar surface area (TPSA) is 0 Å². The SMILES string of the molecule is CCC(C)C1CC=CCCCC1. The van der Waals surface area contributed by atoms with Gasteiger partial charge in [0.15, 0.2) is 0 Å². The first-order chi connectivity index (χ1) is 5.84. The van der Waals surface area contributed by atoms with Gasteiger partial charge in [-0.05, 0) is 37.5 Å². The molecule has 2 unspecified atom stereocenters. The van der Waals surface area contributed by atoms with E-state index in [0.29, 0.717) is 0 Å². The molecule has 1 rings (SSSR count). The second-order valence-electron chi connectivity index (χ2n) is 4.14. The summed E-state index contributed by atoms with van der Waals surface area (Å²) in [7, 11) is 0. The van der Waals surface area contributed by atoms with E-state index in [4.69, 9.17) is 0 Å². The Kier molecular flexibility index (Phi) is 4.42. The molecule has 0 aromatic carbocycles. The van der Waals surface area contributed by atoms with Crippen molar-refractivity contribution in [3.05, 3.63) is 12.2 Å². The van der Waals surface area contributed by atoms with Crippen LogP contribution in [-0.2, 0) is 0 Å². The molecule has 0 N–H and O–H groups in total. The van der Waals surface area contributed by atoms with E-state index in [1.54, 1.807) is 0 Å². The summed E-state index contributed by atoms with van der Waals surface area (Å²) in [5.74, 6) is 1.89. The van der Waals surface area contributed by atoms with Gasteiger partial charge in [0, 0.05) is 0 Å². The van der Waals surface area contributed by atoms with Crippen molar-refractivity contribution in [2.75, 3.05) is 0 Å². The molecule has 0 saturated carbocycles. The molecule has 0 aliphatic heterocycles. The molecule has 12 heavy (non-hydrogen) atoms. The Bertz CT molecular complexity index is 135. The van der Waals surface area contributed by atoms with Crippen LogP contribution in [0.1, 0.15) is 52.4 Å². The van der Waals surface area contributed by atoms with Gasteiger partial charge in [-0.1, -0.05) is 38.8 Å². The van der Waals surface area contributed by atoms with Gasteiger partial charge in [-0.15, -0.1) is 0 Å². The zero-order valence-electron chi connectivity index (χ0n) is 8.55. The van der Waals surface area contributed by atoms with Crippen LogP contribution in [0.4, 0.5) is 0 Å². The first-order valence-electron chi connectivity index (χ1n) is 5.49. The van der Waals surface area contributed by atoms with Gasteiger partial charge >= 0.3 is 0 Å². The molecule has 0 aromatic heterocycles. The van der Waals surface area contributed by atoms with Crippen LogP contribution >= 0.6 is 0 Å². The number of allylic oxidation sites excluding steroid dienone is 2. The van der Waals surface area contributed by atoms with Crippen LogP contribution in [-0.4, -0.2) is 0 Å². The molecule has 0 heteroatoms. The van der Waals surface area contributed by atoms with Crippen LogP contribution in [0.2, 0.25) is 0 Å². The van der Waals surface area contributed by atoms with Crippen molar-refractivity contribution in [1.29, 1.82) is 0 Å². The third-order valence-electron chi connectivity index (χ3n) is 3.25. The first-order valence-corrected chi connectivity index (χ1v) is 5.49. The summed E-state index contributed by atoms with van der Waals surface area (Å²) in [6.45, 7) is 4.72. The maximum atomic E-state index is 2.40. The lowest BCUT2D eigenvalue weighted by Crippen LogP contribution is -2.11. The highest BCUT2D eigenvalue weighted by atomic mass is 14.2. The predicted octanol–water partition coefficient (Wildman–Crippen LogP) is 4.17. The third kappa shape index (κ3) is 3.00. The largest absolute Gasteiger partial charge is 0.0885 e. The highest BCUT2D eigenvalue weighted by Gasteiger charge is 2.14. The summed E-state index contributed by atoms with van der Waals surface area (Å²) in [5.41, 5.74) is 0. The summed E-state index contributed by atoms with van der Waals surface area (Å²) < 4.78 is 0. The lowest BCUT2D eigenvalue weighted by Gasteiger charge is -2.22. The Balaban J connectivity index is 2.39. The zero-order valence-corrected chi connectivity index (χ0v) is 8.55. The van der Waals surface area contributed by atoms with Crippen molar-refractivity contribution in [2.45, 2.75) is 52.4 Å². The third-order valence-corrected chi connectivity index (χ3v) is 3.25. The van der Waals surface area contributed by atoms with Crippen LogP contribution in [0.25, 0.3) is 0 Å². The van der Waals surface area contributed by atoms with E-state index in [1.807, 2.05) is 0 Å². The molecule has 1 aliphatic rings.